The number of H-pyrrole nitrogens is 1. The van der Waals surface area contributed by atoms with Crippen molar-refractivity contribution in [3.05, 3.63) is 71.9 Å². The van der Waals surface area contributed by atoms with Crippen LogP contribution in [0.4, 0.5) is 4.79 Å². The quantitative estimate of drug-likeness (QED) is 0.323. The molecule has 0 radical (unpaired) electrons. The fraction of sp³-hybridized carbons (Fsp3) is 0.452. The molecule has 3 heterocycles. The highest BCUT2D eigenvalue weighted by atomic mass is 16.8. The molecule has 0 saturated carbocycles. The number of carbonyl (C=O) groups is 3. The number of unbranched alkanes of at least 4 members (excludes halogenated alkanes) is 1. The summed E-state index contributed by atoms with van der Waals surface area (Å²) >= 11 is 0. The number of ketones is 1. The standard InChI is InChI=1S/C31H38N4O5/c1-5-6-15-24(27(36)29-35(40-29)20(2)21-12-8-7-9-13-21)33-30(38)39-26-18-31(3,4)19-34(26)28(37)25-17-22-14-10-11-16-23(22)32-25/h7-14,16-17,20,24,26,29,32H,5-6,15,18-19H2,1-4H3,(H,33,38)/t20-,24+,26?,29?,35?/m1/s1. The second-order valence-electron chi connectivity index (χ2n) is 11.6. The minimum absolute atomic E-state index is 0.0983. The second-order valence-corrected chi connectivity index (χ2v) is 11.6. The molecule has 5 rings (SSSR count). The highest BCUT2D eigenvalue weighted by molar-refractivity contribution is 5.98. The van der Waals surface area contributed by atoms with E-state index in [1.807, 2.05) is 88.4 Å². The summed E-state index contributed by atoms with van der Waals surface area (Å²) in [5, 5.41) is 5.38. The number of hydroxylamine groups is 2. The van der Waals surface area contributed by atoms with E-state index >= 15 is 0 Å². The average molecular weight is 547 g/mol. The lowest BCUT2D eigenvalue weighted by Gasteiger charge is -2.25. The number of alkyl carbamates (subject to hydrolysis) is 1. The van der Waals surface area contributed by atoms with E-state index in [1.54, 1.807) is 9.96 Å². The van der Waals surface area contributed by atoms with E-state index in [2.05, 4.69) is 10.3 Å². The maximum Gasteiger partial charge on any atom is 0.409 e. The van der Waals surface area contributed by atoms with E-state index < -0.39 is 24.6 Å². The number of Topliss-reactive ketones (excluding diaryl/α,β-unsaturated/α-hetero) is 1. The first-order valence-electron chi connectivity index (χ1n) is 14.1. The first-order chi connectivity index (χ1) is 19.2. The normalized spacial score (nSPS) is 23.0. The molecule has 0 spiro atoms. The molecular formula is C31H38N4O5. The second kappa shape index (κ2) is 11.4. The predicted molar refractivity (Wildman–Crippen MR) is 151 cm³/mol. The Morgan fingerprint density at radius 3 is 2.58 bits per heavy atom. The number of carbonyl (C=O) groups excluding carboxylic acids is 3. The molecule has 9 nitrogen and oxygen atoms in total. The van der Waals surface area contributed by atoms with Crippen LogP contribution in [0.15, 0.2) is 60.7 Å². The van der Waals surface area contributed by atoms with E-state index in [0.717, 1.165) is 29.3 Å². The molecule has 2 saturated heterocycles. The van der Waals surface area contributed by atoms with Gasteiger partial charge < -0.3 is 19.9 Å². The van der Waals surface area contributed by atoms with Gasteiger partial charge in [0, 0.05) is 23.9 Å². The van der Waals surface area contributed by atoms with Gasteiger partial charge in [0.05, 0.1) is 12.1 Å². The van der Waals surface area contributed by atoms with Crippen LogP contribution >= 0.6 is 0 Å². The highest BCUT2D eigenvalue weighted by Gasteiger charge is 2.49. The largest absolute Gasteiger partial charge is 0.425 e. The Kier molecular flexibility index (Phi) is 7.96. The molecule has 2 fully saturated rings. The summed E-state index contributed by atoms with van der Waals surface area (Å²) in [5.41, 5.74) is 2.12. The minimum Gasteiger partial charge on any atom is -0.425 e. The summed E-state index contributed by atoms with van der Waals surface area (Å²) in [6.07, 6.45) is 0.430. The van der Waals surface area contributed by atoms with Crippen molar-refractivity contribution in [2.75, 3.05) is 6.54 Å². The van der Waals surface area contributed by atoms with Gasteiger partial charge in [0.1, 0.15) is 5.69 Å². The molecule has 9 heteroatoms. The number of fused-ring (bicyclic) bond motifs is 1. The zero-order valence-corrected chi connectivity index (χ0v) is 23.6. The van der Waals surface area contributed by atoms with Crippen molar-refractivity contribution in [2.45, 2.75) is 77.9 Å². The monoisotopic (exact) mass is 546 g/mol. The van der Waals surface area contributed by atoms with Crippen LogP contribution in [0.2, 0.25) is 0 Å². The van der Waals surface area contributed by atoms with Crippen molar-refractivity contribution in [2.24, 2.45) is 5.41 Å². The van der Waals surface area contributed by atoms with Crippen molar-refractivity contribution in [3.8, 4) is 0 Å². The van der Waals surface area contributed by atoms with Gasteiger partial charge in [-0.3, -0.25) is 14.4 Å². The van der Waals surface area contributed by atoms with E-state index in [1.165, 1.54) is 0 Å². The Hall–Kier alpha value is -3.69. The summed E-state index contributed by atoms with van der Waals surface area (Å²) in [6.45, 7) is 8.54. The van der Waals surface area contributed by atoms with Crippen molar-refractivity contribution in [3.63, 3.8) is 0 Å². The molecule has 3 aromatic rings. The molecule has 2 aliphatic rings. The number of para-hydroxylation sites is 1. The van der Waals surface area contributed by atoms with Crippen LogP contribution in [0, 0.1) is 5.41 Å². The number of rotatable bonds is 10. The Morgan fingerprint density at radius 1 is 1.12 bits per heavy atom. The SMILES string of the molecule is CCCC[C@H](NC(=O)OC1CC(C)(C)CN1C(=O)c1cc2ccccc2[nH]1)C(=O)C1ON1[C@H](C)c1ccccc1. The van der Waals surface area contributed by atoms with Crippen LogP contribution in [0.1, 0.15) is 75.5 Å². The summed E-state index contributed by atoms with van der Waals surface area (Å²) in [7, 11) is 0. The van der Waals surface area contributed by atoms with Gasteiger partial charge in [-0.1, -0.05) is 82.1 Å². The molecule has 3 unspecified atom stereocenters. The summed E-state index contributed by atoms with van der Waals surface area (Å²) in [5.74, 6) is -0.430. The number of ether oxygens (including phenoxy) is 1. The number of aromatic amines is 1. The maximum absolute atomic E-state index is 13.5. The van der Waals surface area contributed by atoms with Crippen molar-refractivity contribution in [1.29, 1.82) is 0 Å². The number of likely N-dealkylation sites (tertiary alicyclic amines) is 1. The van der Waals surface area contributed by atoms with E-state index in [9.17, 15) is 14.4 Å². The number of hydrogen-bond acceptors (Lipinski definition) is 6. The lowest BCUT2D eigenvalue weighted by molar-refractivity contribution is -0.122. The zero-order chi connectivity index (χ0) is 28.4. The topological polar surface area (TPSA) is 107 Å². The van der Waals surface area contributed by atoms with Gasteiger partial charge in [0.2, 0.25) is 12.0 Å². The van der Waals surface area contributed by atoms with Gasteiger partial charge in [-0.05, 0) is 36.5 Å². The fourth-order valence-corrected chi connectivity index (χ4v) is 5.47. The van der Waals surface area contributed by atoms with E-state index in [4.69, 9.17) is 9.57 Å². The van der Waals surface area contributed by atoms with Crippen molar-refractivity contribution in [1.82, 2.24) is 20.3 Å². The number of nitrogens with one attached hydrogen (secondary N) is 2. The Labute approximate surface area is 234 Å². The summed E-state index contributed by atoms with van der Waals surface area (Å²) in [6, 6.07) is 18.5. The number of aromatic nitrogens is 1. The molecule has 0 aliphatic carbocycles. The number of nitrogens with zero attached hydrogens (tertiary/aromatic N) is 2. The Bertz CT molecular complexity index is 1340. The molecule has 2 N–H and O–H groups in total. The molecule has 2 aliphatic heterocycles. The van der Waals surface area contributed by atoms with E-state index in [-0.39, 0.29) is 23.1 Å². The van der Waals surface area contributed by atoms with Crippen LogP contribution in [-0.2, 0) is 14.4 Å². The summed E-state index contributed by atoms with van der Waals surface area (Å²) < 4.78 is 5.82. The third-order valence-corrected chi connectivity index (χ3v) is 7.73. The van der Waals surface area contributed by atoms with E-state index in [0.29, 0.717) is 25.1 Å². The fourth-order valence-electron chi connectivity index (χ4n) is 5.47. The van der Waals surface area contributed by atoms with Gasteiger partial charge in [0.15, 0.2) is 6.23 Å². The molecule has 40 heavy (non-hydrogen) atoms. The Morgan fingerprint density at radius 2 is 1.85 bits per heavy atom. The van der Waals surface area contributed by atoms with Crippen molar-refractivity contribution >= 4 is 28.7 Å². The summed E-state index contributed by atoms with van der Waals surface area (Å²) in [4.78, 5) is 50.4. The van der Waals surface area contributed by atoms with Gasteiger partial charge >= 0.3 is 6.09 Å². The molecule has 0 bridgehead atoms. The molecule has 5 atom stereocenters. The third kappa shape index (κ3) is 6.05. The number of hydrogen-bond donors (Lipinski definition) is 2. The average Bonchev–Trinajstić information content (AvgIpc) is 3.52. The van der Waals surface area contributed by atoms with Gasteiger partial charge in [-0.2, -0.15) is 0 Å². The minimum atomic E-state index is -0.752. The zero-order valence-electron chi connectivity index (χ0n) is 23.6. The van der Waals surface area contributed by atoms with Gasteiger partial charge in [-0.15, -0.1) is 5.06 Å². The lowest BCUT2D eigenvalue weighted by atomic mass is 9.93. The molecule has 2 amide bonds. The molecule has 212 valence electrons. The van der Waals surface area contributed by atoms with Crippen LogP contribution in [-0.4, -0.2) is 57.8 Å². The van der Waals surface area contributed by atoms with Crippen LogP contribution in [0.25, 0.3) is 10.9 Å². The third-order valence-electron chi connectivity index (χ3n) is 7.73. The van der Waals surface area contributed by atoms with Crippen LogP contribution in [0.3, 0.4) is 0 Å². The van der Waals surface area contributed by atoms with Crippen molar-refractivity contribution < 1.29 is 24.0 Å². The van der Waals surface area contributed by atoms with Gasteiger partial charge in [-0.25, -0.2) is 4.79 Å². The lowest BCUT2D eigenvalue weighted by Crippen LogP contribution is -2.47. The Balaban J connectivity index is 1.24. The smallest absolute Gasteiger partial charge is 0.409 e. The molecular weight excluding hydrogens is 508 g/mol. The van der Waals surface area contributed by atoms with Crippen LogP contribution < -0.4 is 5.32 Å². The number of benzene rings is 2. The first-order valence-corrected chi connectivity index (χ1v) is 14.1. The molecule has 2 aromatic carbocycles. The highest BCUT2D eigenvalue weighted by Crippen LogP contribution is 2.37. The number of amides is 2. The molecule has 1 aromatic heterocycles. The van der Waals surface area contributed by atoms with Gasteiger partial charge in [0.25, 0.3) is 5.91 Å². The first kappa shape index (κ1) is 27.9. The maximum atomic E-state index is 13.5. The predicted octanol–water partition coefficient (Wildman–Crippen LogP) is 5.55. The van der Waals surface area contributed by atoms with Crippen LogP contribution in [0.5, 0.6) is 0 Å².